The normalized spacial score (nSPS) is 24.7. The van der Waals surface area contributed by atoms with Gasteiger partial charge in [-0.2, -0.15) is 5.26 Å². The lowest BCUT2D eigenvalue weighted by Crippen LogP contribution is -2.54. The highest BCUT2D eigenvalue weighted by Gasteiger charge is 2.55. The molecule has 1 saturated heterocycles. The van der Waals surface area contributed by atoms with Crippen molar-refractivity contribution in [3.05, 3.63) is 0 Å². The van der Waals surface area contributed by atoms with Crippen LogP contribution in [0.2, 0.25) is 13.1 Å². The van der Waals surface area contributed by atoms with Crippen molar-refractivity contribution in [3.8, 4) is 6.07 Å². The van der Waals surface area contributed by atoms with Gasteiger partial charge >= 0.3 is 6.09 Å². The molecule has 149 valence electrons. The summed E-state index contributed by atoms with van der Waals surface area (Å²) in [6, 6.07) is 2.38. The standard InChI is InChI=1S/C20H37N2O3Si/c1-17(2,3)15-11-20(25-26(9)10,13-19(7,8)14-21)22(12-15)16(23)24-18(4,5)6/h15H,11-13H2,1-10H3/t15-,20+/m0/s1. The van der Waals surface area contributed by atoms with Gasteiger partial charge < -0.3 is 9.16 Å². The lowest BCUT2D eigenvalue weighted by Gasteiger charge is -2.43. The topological polar surface area (TPSA) is 62.6 Å². The van der Waals surface area contributed by atoms with Gasteiger partial charge in [0.05, 0.1) is 11.5 Å². The molecule has 2 atom stereocenters. The van der Waals surface area contributed by atoms with E-state index in [-0.39, 0.29) is 17.4 Å². The first-order valence-corrected chi connectivity index (χ1v) is 11.8. The van der Waals surface area contributed by atoms with Gasteiger partial charge in [-0.15, -0.1) is 0 Å². The Hall–Kier alpha value is -1.06. The van der Waals surface area contributed by atoms with E-state index in [4.69, 9.17) is 9.16 Å². The fourth-order valence-corrected chi connectivity index (χ4v) is 4.52. The molecular weight excluding hydrogens is 344 g/mol. The van der Waals surface area contributed by atoms with Gasteiger partial charge in [-0.1, -0.05) is 20.8 Å². The van der Waals surface area contributed by atoms with Crippen molar-refractivity contribution in [1.82, 2.24) is 4.90 Å². The molecule has 1 rings (SSSR count). The third-order valence-corrected chi connectivity index (χ3v) is 5.50. The predicted octanol–water partition coefficient (Wildman–Crippen LogP) is 5.19. The number of likely N-dealkylation sites (tertiary alicyclic amines) is 1. The molecule has 0 aliphatic carbocycles. The van der Waals surface area contributed by atoms with Gasteiger partial charge in [-0.05, 0) is 65.5 Å². The zero-order valence-electron chi connectivity index (χ0n) is 18.3. The van der Waals surface area contributed by atoms with Crippen LogP contribution in [0.3, 0.4) is 0 Å². The van der Waals surface area contributed by atoms with Gasteiger partial charge in [0, 0.05) is 13.0 Å². The highest BCUT2D eigenvalue weighted by molar-refractivity contribution is 6.48. The van der Waals surface area contributed by atoms with Gasteiger partial charge in [0.1, 0.15) is 11.3 Å². The SMILES string of the molecule is C[Si](C)O[C@@]1(CC(C)(C)C#N)C[C@H](C(C)(C)C)CN1C(=O)OC(C)(C)C. The zero-order valence-corrected chi connectivity index (χ0v) is 19.3. The van der Waals surface area contributed by atoms with Crippen LogP contribution in [0.15, 0.2) is 0 Å². The summed E-state index contributed by atoms with van der Waals surface area (Å²) in [6.45, 7) is 20.8. The average molecular weight is 382 g/mol. The largest absolute Gasteiger partial charge is 0.444 e. The molecule has 0 N–H and O–H groups in total. The monoisotopic (exact) mass is 381 g/mol. The Kier molecular flexibility index (Phi) is 6.64. The first-order chi connectivity index (χ1) is 11.5. The third kappa shape index (κ3) is 5.99. The second kappa shape index (κ2) is 7.51. The van der Waals surface area contributed by atoms with Gasteiger partial charge in [0.15, 0.2) is 0 Å². The maximum atomic E-state index is 13.1. The summed E-state index contributed by atoms with van der Waals surface area (Å²) in [5.41, 5.74) is -1.90. The van der Waals surface area contributed by atoms with Crippen LogP contribution in [-0.4, -0.2) is 37.9 Å². The summed E-state index contributed by atoms with van der Waals surface area (Å²) in [4.78, 5) is 14.8. The second-order valence-electron chi connectivity index (χ2n) is 10.5. The molecule has 0 bridgehead atoms. The summed E-state index contributed by atoms with van der Waals surface area (Å²) in [5.74, 6) is 0.283. The fraction of sp³-hybridized carbons (Fsp3) is 0.900. The van der Waals surface area contributed by atoms with Crippen molar-refractivity contribution in [2.75, 3.05) is 6.54 Å². The van der Waals surface area contributed by atoms with Crippen molar-refractivity contribution < 1.29 is 14.0 Å². The number of hydrogen-bond acceptors (Lipinski definition) is 4. The van der Waals surface area contributed by atoms with Gasteiger partial charge in [-0.3, -0.25) is 4.90 Å². The minimum atomic E-state index is -1.09. The van der Waals surface area contributed by atoms with E-state index in [9.17, 15) is 10.1 Å². The smallest absolute Gasteiger partial charge is 0.412 e. The highest BCUT2D eigenvalue weighted by Crippen LogP contribution is 2.48. The van der Waals surface area contributed by atoms with Crippen LogP contribution in [0.4, 0.5) is 4.79 Å². The summed E-state index contributed by atoms with van der Waals surface area (Å²) in [5, 5.41) is 9.61. The molecule has 1 aliphatic rings. The van der Waals surface area contributed by atoms with Gasteiger partial charge in [-0.25, -0.2) is 4.79 Å². The van der Waals surface area contributed by atoms with Crippen molar-refractivity contribution in [2.24, 2.45) is 16.7 Å². The molecule has 0 aromatic heterocycles. The van der Waals surface area contributed by atoms with E-state index in [1.54, 1.807) is 4.90 Å². The van der Waals surface area contributed by atoms with Crippen LogP contribution < -0.4 is 0 Å². The molecule has 1 heterocycles. The van der Waals surface area contributed by atoms with E-state index in [0.717, 1.165) is 6.42 Å². The molecule has 0 aromatic carbocycles. The molecule has 1 aliphatic heterocycles. The van der Waals surface area contributed by atoms with Crippen molar-refractivity contribution in [3.63, 3.8) is 0 Å². The van der Waals surface area contributed by atoms with Crippen LogP contribution in [0.1, 0.15) is 68.2 Å². The van der Waals surface area contributed by atoms with E-state index in [1.807, 2.05) is 34.6 Å². The Balaban J connectivity index is 3.36. The summed E-state index contributed by atoms with van der Waals surface area (Å²) < 4.78 is 12.2. The second-order valence-corrected chi connectivity index (χ2v) is 12.5. The van der Waals surface area contributed by atoms with E-state index >= 15 is 0 Å². The molecule has 5 nitrogen and oxygen atoms in total. The zero-order chi connectivity index (χ0) is 20.6. The number of hydrogen-bond donors (Lipinski definition) is 0. The van der Waals surface area contributed by atoms with Crippen molar-refractivity contribution in [2.45, 2.75) is 92.7 Å². The van der Waals surface area contributed by atoms with Crippen molar-refractivity contribution in [1.29, 1.82) is 5.26 Å². The number of carbonyl (C=O) groups excluding carboxylic acids is 1. The minimum Gasteiger partial charge on any atom is -0.444 e. The summed E-state index contributed by atoms with van der Waals surface area (Å²) >= 11 is 0. The number of ether oxygens (including phenoxy) is 1. The van der Waals surface area contributed by atoms with Crippen LogP contribution >= 0.6 is 0 Å². The van der Waals surface area contributed by atoms with E-state index in [1.165, 1.54) is 0 Å². The molecule has 6 heteroatoms. The number of rotatable bonds is 4. The Labute approximate surface area is 161 Å². The number of amides is 1. The lowest BCUT2D eigenvalue weighted by molar-refractivity contribution is -0.0847. The molecule has 26 heavy (non-hydrogen) atoms. The Morgan fingerprint density at radius 3 is 2.12 bits per heavy atom. The number of nitrogens with zero attached hydrogens (tertiary/aromatic N) is 2. The van der Waals surface area contributed by atoms with Gasteiger partial charge in [0.2, 0.25) is 9.04 Å². The maximum absolute atomic E-state index is 13.1. The molecule has 1 radical (unpaired) electrons. The molecule has 0 aromatic rings. The van der Waals surface area contributed by atoms with E-state index in [0.29, 0.717) is 13.0 Å². The molecular formula is C20H37N2O3Si. The van der Waals surface area contributed by atoms with E-state index < -0.39 is 25.8 Å². The first-order valence-electron chi connectivity index (χ1n) is 9.42. The summed E-state index contributed by atoms with van der Waals surface area (Å²) in [7, 11) is -1.09. The highest BCUT2D eigenvalue weighted by atomic mass is 28.3. The number of nitriles is 1. The quantitative estimate of drug-likeness (QED) is 0.628. The molecule has 0 unspecified atom stereocenters. The minimum absolute atomic E-state index is 0.0382. The van der Waals surface area contributed by atoms with Crippen LogP contribution in [-0.2, 0) is 9.16 Å². The molecule has 0 saturated carbocycles. The first kappa shape index (κ1) is 23.0. The van der Waals surface area contributed by atoms with Crippen LogP contribution in [0.25, 0.3) is 0 Å². The molecule has 1 fully saturated rings. The average Bonchev–Trinajstić information content (AvgIpc) is 2.74. The Morgan fingerprint density at radius 1 is 1.19 bits per heavy atom. The van der Waals surface area contributed by atoms with Crippen LogP contribution in [0.5, 0.6) is 0 Å². The molecule has 0 spiro atoms. The third-order valence-electron chi connectivity index (χ3n) is 4.71. The van der Waals surface area contributed by atoms with Gasteiger partial charge in [0.25, 0.3) is 0 Å². The Bertz CT molecular complexity index is 555. The molecule has 1 amide bonds. The maximum Gasteiger partial charge on any atom is 0.412 e. The fourth-order valence-electron chi connectivity index (χ4n) is 3.49. The number of carbonyl (C=O) groups is 1. The lowest BCUT2D eigenvalue weighted by atomic mass is 9.76. The van der Waals surface area contributed by atoms with E-state index in [2.05, 4.69) is 39.9 Å². The predicted molar refractivity (Wildman–Crippen MR) is 106 cm³/mol. The Morgan fingerprint density at radius 2 is 1.73 bits per heavy atom. The van der Waals surface area contributed by atoms with Crippen molar-refractivity contribution >= 4 is 15.1 Å². The summed E-state index contributed by atoms with van der Waals surface area (Å²) in [6.07, 6.45) is 0.871. The van der Waals surface area contributed by atoms with Crippen LogP contribution in [0, 0.1) is 28.1 Å².